The normalized spacial score (nSPS) is 11.0. The minimum Gasteiger partial charge on any atom is -0.336 e. The molecule has 0 radical (unpaired) electrons. The van der Waals surface area contributed by atoms with Gasteiger partial charge in [-0.05, 0) is 22.8 Å². The number of nitrogens with zero attached hydrogens (tertiary/aromatic N) is 4. The monoisotopic (exact) mass is 461 g/mol. The van der Waals surface area contributed by atoms with Gasteiger partial charge < -0.3 is 10.7 Å². The number of rotatable bonds is 8. The van der Waals surface area contributed by atoms with E-state index in [4.69, 9.17) is 5.84 Å². The molecule has 168 valence electrons. The number of hydrogen-bond acceptors (Lipinski definition) is 5. The van der Waals surface area contributed by atoms with Crippen LogP contribution in [0.5, 0.6) is 0 Å². The van der Waals surface area contributed by atoms with Gasteiger partial charge in [0.05, 0.1) is 11.8 Å². The summed E-state index contributed by atoms with van der Waals surface area (Å²) in [7, 11) is 1.80. The Morgan fingerprint density at radius 3 is 2.15 bits per heavy atom. The first kappa shape index (κ1) is 22.5. The van der Waals surface area contributed by atoms with Gasteiger partial charge in [-0.25, -0.2) is 9.07 Å². The third kappa shape index (κ3) is 5.23. The van der Waals surface area contributed by atoms with Crippen molar-refractivity contribution in [3.8, 4) is 0 Å². The van der Waals surface area contributed by atoms with Crippen LogP contribution in [-0.4, -0.2) is 38.5 Å². The van der Waals surface area contributed by atoms with Crippen molar-refractivity contribution in [3.05, 3.63) is 113 Å². The molecule has 0 saturated heterocycles. The van der Waals surface area contributed by atoms with Crippen molar-refractivity contribution in [2.45, 2.75) is 17.6 Å². The van der Waals surface area contributed by atoms with Crippen LogP contribution in [0.15, 0.2) is 90.1 Å². The van der Waals surface area contributed by atoms with Crippen LogP contribution in [0.2, 0.25) is 0 Å². The molecule has 8 heteroatoms. The molecule has 0 fully saturated rings. The van der Waals surface area contributed by atoms with Crippen molar-refractivity contribution in [3.63, 3.8) is 0 Å². The number of benzene rings is 3. The third-order valence-corrected chi connectivity index (χ3v) is 6.31. The number of nitrogen functional groups attached to an aromatic ring is 1. The summed E-state index contributed by atoms with van der Waals surface area (Å²) < 4.78 is 15.3. The summed E-state index contributed by atoms with van der Waals surface area (Å²) in [4.78, 5) is 14.8. The zero-order chi connectivity index (χ0) is 23.2. The molecule has 2 N–H and O–H groups in total. The average molecular weight is 462 g/mol. The molecule has 4 rings (SSSR count). The van der Waals surface area contributed by atoms with Crippen LogP contribution >= 0.6 is 11.8 Å². The topological polar surface area (TPSA) is 77.0 Å². The number of aromatic nitrogens is 3. The van der Waals surface area contributed by atoms with Gasteiger partial charge in [0, 0.05) is 13.5 Å². The lowest BCUT2D eigenvalue weighted by Gasteiger charge is -2.29. The number of amides is 1. The highest BCUT2D eigenvalue weighted by Crippen LogP contribution is 2.28. The lowest BCUT2D eigenvalue weighted by atomic mass is 9.97. The van der Waals surface area contributed by atoms with Crippen molar-refractivity contribution in [2.75, 3.05) is 18.6 Å². The Morgan fingerprint density at radius 2 is 1.55 bits per heavy atom. The number of nitrogens with two attached hydrogens (primary N) is 1. The largest absolute Gasteiger partial charge is 0.336 e. The number of halogens is 1. The van der Waals surface area contributed by atoms with Gasteiger partial charge in [0.25, 0.3) is 0 Å². The van der Waals surface area contributed by atoms with E-state index in [1.165, 1.54) is 22.5 Å². The first-order valence-corrected chi connectivity index (χ1v) is 11.4. The van der Waals surface area contributed by atoms with E-state index < -0.39 is 0 Å². The number of thioether (sulfide) groups is 1. The number of carbonyl (C=O) groups is 1. The molecule has 0 aliphatic heterocycles. The molecule has 0 saturated carbocycles. The van der Waals surface area contributed by atoms with Gasteiger partial charge in [-0.1, -0.05) is 90.6 Å². The summed E-state index contributed by atoms with van der Waals surface area (Å²) in [6.07, 6.45) is 0.217. The summed E-state index contributed by atoms with van der Waals surface area (Å²) in [6.45, 7) is 0. The maximum absolute atomic E-state index is 14.0. The fourth-order valence-electron chi connectivity index (χ4n) is 3.62. The second kappa shape index (κ2) is 10.3. The lowest BCUT2D eigenvalue weighted by molar-refractivity contribution is -0.128. The minimum absolute atomic E-state index is 0.0728. The van der Waals surface area contributed by atoms with Gasteiger partial charge in [0.2, 0.25) is 11.1 Å². The number of hydrogen-bond donors (Lipinski definition) is 1. The lowest BCUT2D eigenvalue weighted by Crippen LogP contribution is -2.33. The highest BCUT2D eigenvalue weighted by molar-refractivity contribution is 7.99. The van der Waals surface area contributed by atoms with E-state index in [9.17, 15) is 9.18 Å². The molecular formula is C25H24FN5OS. The van der Waals surface area contributed by atoms with Gasteiger partial charge in [0.15, 0.2) is 5.82 Å². The molecule has 3 aromatic carbocycles. The first-order chi connectivity index (χ1) is 16.0. The molecule has 0 aliphatic rings. The van der Waals surface area contributed by atoms with E-state index in [2.05, 4.69) is 10.2 Å². The molecule has 0 bridgehead atoms. The van der Waals surface area contributed by atoms with Crippen LogP contribution in [0.25, 0.3) is 0 Å². The summed E-state index contributed by atoms with van der Waals surface area (Å²) in [5.41, 5.74) is 2.54. The number of carbonyl (C=O) groups excluding carboxylic acids is 1. The molecule has 0 atom stereocenters. The maximum Gasteiger partial charge on any atom is 0.233 e. The van der Waals surface area contributed by atoms with Crippen molar-refractivity contribution in [1.29, 1.82) is 0 Å². The van der Waals surface area contributed by atoms with Gasteiger partial charge in [-0.2, -0.15) is 0 Å². The van der Waals surface area contributed by atoms with Crippen LogP contribution in [0.3, 0.4) is 0 Å². The van der Waals surface area contributed by atoms with Crippen LogP contribution in [0.1, 0.15) is 28.6 Å². The summed E-state index contributed by atoms with van der Waals surface area (Å²) in [6, 6.07) is 26.1. The summed E-state index contributed by atoms with van der Waals surface area (Å²) in [5, 5.41) is 8.57. The van der Waals surface area contributed by atoms with E-state index in [-0.39, 0.29) is 29.9 Å². The SMILES string of the molecule is CN(C(=O)CSc1nnc(Cc2ccccc2F)n1N)C(c1ccccc1)c1ccccc1. The zero-order valence-corrected chi connectivity index (χ0v) is 19.0. The maximum atomic E-state index is 14.0. The van der Waals surface area contributed by atoms with E-state index in [1.807, 2.05) is 60.7 Å². The third-order valence-electron chi connectivity index (χ3n) is 5.38. The molecule has 0 aliphatic carbocycles. The molecule has 1 aromatic heterocycles. The Morgan fingerprint density at radius 1 is 0.970 bits per heavy atom. The van der Waals surface area contributed by atoms with Crippen molar-refractivity contribution < 1.29 is 9.18 Å². The standard InChI is InChI=1S/C25H24FN5OS/c1-30(24(18-10-4-2-5-11-18)19-12-6-3-7-13-19)23(32)17-33-25-29-28-22(31(25)27)16-20-14-8-9-15-21(20)26/h2-15,24H,16-17,27H2,1H3. The predicted octanol–water partition coefficient (Wildman–Crippen LogP) is 4.06. The van der Waals surface area contributed by atoms with Crippen LogP contribution in [0.4, 0.5) is 4.39 Å². The first-order valence-electron chi connectivity index (χ1n) is 10.5. The molecule has 33 heavy (non-hydrogen) atoms. The second-order valence-electron chi connectivity index (χ2n) is 7.55. The van der Waals surface area contributed by atoms with Gasteiger partial charge in [-0.15, -0.1) is 10.2 Å². The van der Waals surface area contributed by atoms with E-state index >= 15 is 0 Å². The van der Waals surface area contributed by atoms with Crippen molar-refractivity contribution in [2.24, 2.45) is 0 Å². The molecule has 1 heterocycles. The van der Waals surface area contributed by atoms with Crippen LogP contribution in [-0.2, 0) is 11.2 Å². The highest BCUT2D eigenvalue weighted by Gasteiger charge is 2.24. The van der Waals surface area contributed by atoms with E-state index in [1.54, 1.807) is 30.1 Å². The minimum atomic E-state index is -0.320. The quantitative estimate of drug-likeness (QED) is 0.316. The fraction of sp³-hybridized carbons (Fsp3) is 0.160. The predicted molar refractivity (Wildman–Crippen MR) is 128 cm³/mol. The smallest absolute Gasteiger partial charge is 0.233 e. The van der Waals surface area contributed by atoms with Gasteiger partial charge >= 0.3 is 0 Å². The Hall–Kier alpha value is -3.65. The molecular weight excluding hydrogens is 437 g/mol. The molecule has 6 nitrogen and oxygen atoms in total. The Kier molecular flexibility index (Phi) is 7.04. The van der Waals surface area contributed by atoms with E-state index in [0.29, 0.717) is 16.5 Å². The Labute approximate surface area is 196 Å². The van der Waals surface area contributed by atoms with Gasteiger partial charge in [-0.3, -0.25) is 4.79 Å². The fourth-order valence-corrected chi connectivity index (χ4v) is 4.42. The molecule has 4 aromatic rings. The second-order valence-corrected chi connectivity index (χ2v) is 8.50. The average Bonchev–Trinajstić information content (AvgIpc) is 3.19. The molecule has 0 spiro atoms. The van der Waals surface area contributed by atoms with E-state index in [0.717, 1.165) is 11.1 Å². The van der Waals surface area contributed by atoms with Crippen molar-refractivity contribution in [1.82, 2.24) is 19.8 Å². The Balaban J connectivity index is 1.47. The van der Waals surface area contributed by atoms with Crippen LogP contribution < -0.4 is 5.84 Å². The highest BCUT2D eigenvalue weighted by atomic mass is 32.2. The summed E-state index contributed by atoms with van der Waals surface area (Å²) >= 11 is 1.21. The summed E-state index contributed by atoms with van der Waals surface area (Å²) in [5.74, 6) is 6.30. The zero-order valence-electron chi connectivity index (χ0n) is 18.1. The van der Waals surface area contributed by atoms with Crippen LogP contribution in [0, 0.1) is 5.82 Å². The Bertz CT molecular complexity index is 1180. The van der Waals surface area contributed by atoms with Gasteiger partial charge in [0.1, 0.15) is 5.82 Å². The molecule has 1 amide bonds. The van der Waals surface area contributed by atoms with Crippen molar-refractivity contribution >= 4 is 17.7 Å². The molecule has 0 unspecified atom stereocenters.